The summed E-state index contributed by atoms with van der Waals surface area (Å²) in [6.45, 7) is 6.77. The van der Waals surface area contributed by atoms with E-state index in [1.165, 1.54) is 42.4 Å². The molecule has 0 radical (unpaired) electrons. The third-order valence-corrected chi connectivity index (χ3v) is 6.13. The molecule has 20 heavy (non-hydrogen) atoms. The third-order valence-electron chi connectivity index (χ3n) is 6.13. The quantitative estimate of drug-likeness (QED) is 0.673. The molecule has 1 heteroatoms. The molecule has 0 amide bonds. The van der Waals surface area contributed by atoms with Gasteiger partial charge in [0.2, 0.25) is 0 Å². The summed E-state index contributed by atoms with van der Waals surface area (Å²) in [6, 6.07) is 5.95. The number of allylic oxidation sites excluding steroid dienone is 3. The van der Waals surface area contributed by atoms with Gasteiger partial charge in [-0.2, -0.15) is 0 Å². The van der Waals surface area contributed by atoms with Crippen LogP contribution in [0.4, 0.5) is 0 Å². The van der Waals surface area contributed by atoms with Gasteiger partial charge in [-0.05, 0) is 66.7 Å². The van der Waals surface area contributed by atoms with Crippen molar-refractivity contribution < 1.29 is 5.11 Å². The van der Waals surface area contributed by atoms with E-state index in [4.69, 9.17) is 0 Å². The van der Waals surface area contributed by atoms with Gasteiger partial charge in [0.25, 0.3) is 0 Å². The van der Waals surface area contributed by atoms with E-state index in [2.05, 4.69) is 25.6 Å². The van der Waals surface area contributed by atoms with Gasteiger partial charge in [0.05, 0.1) is 0 Å². The van der Waals surface area contributed by atoms with Crippen molar-refractivity contribution in [1.82, 2.24) is 0 Å². The van der Waals surface area contributed by atoms with Gasteiger partial charge < -0.3 is 5.11 Å². The smallest absolute Gasteiger partial charge is 0.115 e. The number of phenols is 1. The highest BCUT2D eigenvalue weighted by molar-refractivity contribution is 5.48. The Hall–Kier alpha value is -1.50. The molecule has 0 spiro atoms. The first-order chi connectivity index (χ1) is 9.59. The van der Waals surface area contributed by atoms with Crippen LogP contribution < -0.4 is 0 Å². The van der Waals surface area contributed by atoms with Crippen LogP contribution in [0.2, 0.25) is 0 Å². The standard InChI is InChI=1S/C19H22O/c1-12-3-8-18-17-6-4-13-11-14(20)5-7-15(13)16(17)9-10-19(12,18)2/h5-7,11,16,18,20H,1,3-4,8-10H2,2H3/t16?,18?,19-/m1/s1. The van der Waals surface area contributed by atoms with Gasteiger partial charge in [-0.25, -0.2) is 0 Å². The Morgan fingerprint density at radius 1 is 1.30 bits per heavy atom. The fourth-order valence-electron chi connectivity index (χ4n) is 4.86. The van der Waals surface area contributed by atoms with E-state index in [0.29, 0.717) is 23.0 Å². The predicted octanol–water partition coefficient (Wildman–Crippen LogP) is 4.72. The molecule has 0 aromatic heterocycles. The summed E-state index contributed by atoms with van der Waals surface area (Å²) in [7, 11) is 0. The molecular formula is C19H22O. The summed E-state index contributed by atoms with van der Waals surface area (Å²) >= 11 is 0. The maximum Gasteiger partial charge on any atom is 0.115 e. The number of benzene rings is 1. The lowest BCUT2D eigenvalue weighted by molar-refractivity contribution is 0.230. The average Bonchev–Trinajstić information content (AvgIpc) is 2.74. The van der Waals surface area contributed by atoms with Gasteiger partial charge in [0.1, 0.15) is 5.75 Å². The van der Waals surface area contributed by atoms with E-state index in [-0.39, 0.29) is 0 Å². The molecule has 2 fully saturated rings. The molecule has 0 saturated heterocycles. The molecule has 3 aliphatic rings. The van der Waals surface area contributed by atoms with Gasteiger partial charge in [-0.3, -0.25) is 0 Å². The molecule has 1 nitrogen and oxygen atoms in total. The maximum atomic E-state index is 9.68. The molecule has 0 heterocycles. The summed E-state index contributed by atoms with van der Waals surface area (Å²) in [6.07, 6.45) is 8.41. The Balaban J connectivity index is 1.77. The second kappa shape index (κ2) is 4.00. The summed E-state index contributed by atoms with van der Waals surface area (Å²) < 4.78 is 0. The largest absolute Gasteiger partial charge is 0.508 e. The lowest BCUT2D eigenvalue weighted by atomic mass is 9.59. The minimum absolute atomic E-state index is 0.344. The molecule has 0 bridgehead atoms. The zero-order chi connectivity index (χ0) is 13.9. The number of aromatic hydroxyl groups is 1. The van der Waals surface area contributed by atoms with E-state index in [1.807, 2.05) is 12.1 Å². The minimum atomic E-state index is 0.344. The zero-order valence-corrected chi connectivity index (χ0v) is 12.2. The number of hydrogen-bond acceptors (Lipinski definition) is 1. The van der Waals surface area contributed by atoms with Crippen LogP contribution in [-0.2, 0) is 6.42 Å². The van der Waals surface area contributed by atoms with E-state index >= 15 is 0 Å². The SMILES string of the molecule is C=C1CCC2C3=CCc4cc(O)ccc4C3CC[C@]12C. The monoisotopic (exact) mass is 266 g/mol. The van der Waals surface area contributed by atoms with Gasteiger partial charge >= 0.3 is 0 Å². The molecule has 3 atom stereocenters. The second-order valence-corrected chi connectivity index (χ2v) is 6.99. The highest BCUT2D eigenvalue weighted by Gasteiger charge is 2.48. The first-order valence-corrected chi connectivity index (χ1v) is 7.79. The van der Waals surface area contributed by atoms with Crippen LogP contribution in [-0.4, -0.2) is 5.11 Å². The van der Waals surface area contributed by atoms with Crippen LogP contribution in [0.5, 0.6) is 5.75 Å². The van der Waals surface area contributed by atoms with Gasteiger partial charge in [0, 0.05) is 5.92 Å². The molecule has 3 aliphatic carbocycles. The maximum absolute atomic E-state index is 9.68. The predicted molar refractivity (Wildman–Crippen MR) is 81.8 cm³/mol. The van der Waals surface area contributed by atoms with Gasteiger partial charge in [-0.15, -0.1) is 0 Å². The summed E-state index contributed by atoms with van der Waals surface area (Å²) in [4.78, 5) is 0. The molecule has 4 rings (SSSR count). The Labute approximate surface area is 121 Å². The zero-order valence-electron chi connectivity index (χ0n) is 12.2. The van der Waals surface area contributed by atoms with Crippen molar-refractivity contribution in [2.75, 3.05) is 0 Å². The summed E-state index contributed by atoms with van der Waals surface area (Å²) in [5, 5.41) is 9.68. The first-order valence-electron chi connectivity index (χ1n) is 7.79. The molecule has 2 unspecified atom stereocenters. The van der Waals surface area contributed by atoms with Crippen molar-refractivity contribution in [3.8, 4) is 5.75 Å². The Kier molecular flexibility index (Phi) is 2.45. The molecule has 0 aliphatic heterocycles. The fourth-order valence-corrected chi connectivity index (χ4v) is 4.86. The summed E-state index contributed by atoms with van der Waals surface area (Å²) in [5.74, 6) is 1.69. The Bertz CT molecular complexity index is 625. The molecule has 104 valence electrons. The van der Waals surface area contributed by atoms with Crippen molar-refractivity contribution >= 4 is 0 Å². The topological polar surface area (TPSA) is 20.2 Å². The number of fused-ring (bicyclic) bond motifs is 5. The minimum Gasteiger partial charge on any atom is -0.508 e. The van der Waals surface area contributed by atoms with Crippen LogP contribution in [0, 0.1) is 11.3 Å². The molecule has 1 N–H and O–H groups in total. The molecule has 2 saturated carbocycles. The average molecular weight is 266 g/mol. The van der Waals surface area contributed by atoms with Crippen molar-refractivity contribution in [3.05, 3.63) is 53.1 Å². The van der Waals surface area contributed by atoms with Crippen molar-refractivity contribution in [3.63, 3.8) is 0 Å². The van der Waals surface area contributed by atoms with Crippen molar-refractivity contribution in [2.45, 2.75) is 44.9 Å². The van der Waals surface area contributed by atoms with E-state index in [1.54, 1.807) is 5.57 Å². The van der Waals surface area contributed by atoms with Crippen LogP contribution >= 0.6 is 0 Å². The third kappa shape index (κ3) is 1.49. The highest BCUT2D eigenvalue weighted by Crippen LogP contribution is 2.61. The second-order valence-electron chi connectivity index (χ2n) is 6.99. The molecular weight excluding hydrogens is 244 g/mol. The van der Waals surface area contributed by atoms with Crippen LogP contribution in [0.15, 0.2) is 42.0 Å². The van der Waals surface area contributed by atoms with E-state index < -0.39 is 0 Å². The Morgan fingerprint density at radius 3 is 3.00 bits per heavy atom. The van der Waals surface area contributed by atoms with Crippen LogP contribution in [0.25, 0.3) is 0 Å². The normalized spacial score (nSPS) is 35.0. The lowest BCUT2D eigenvalue weighted by Gasteiger charge is -2.45. The number of rotatable bonds is 0. The van der Waals surface area contributed by atoms with Gasteiger partial charge in [0.15, 0.2) is 0 Å². The highest BCUT2D eigenvalue weighted by atomic mass is 16.3. The summed E-state index contributed by atoms with van der Waals surface area (Å²) in [5.41, 5.74) is 6.25. The fraction of sp³-hybridized carbons (Fsp3) is 0.474. The molecule has 1 aromatic carbocycles. The lowest BCUT2D eigenvalue weighted by Crippen LogP contribution is -2.34. The van der Waals surface area contributed by atoms with E-state index in [0.717, 1.165) is 6.42 Å². The Morgan fingerprint density at radius 2 is 2.15 bits per heavy atom. The first kappa shape index (κ1) is 12.3. The number of hydrogen-bond donors (Lipinski definition) is 1. The number of phenolic OH excluding ortho intramolecular Hbond substituents is 1. The van der Waals surface area contributed by atoms with Crippen LogP contribution in [0.3, 0.4) is 0 Å². The van der Waals surface area contributed by atoms with Crippen molar-refractivity contribution in [2.24, 2.45) is 11.3 Å². The van der Waals surface area contributed by atoms with Gasteiger partial charge in [-0.1, -0.05) is 36.8 Å². The van der Waals surface area contributed by atoms with Crippen LogP contribution in [0.1, 0.15) is 49.7 Å². The van der Waals surface area contributed by atoms with E-state index in [9.17, 15) is 5.11 Å². The molecule has 1 aromatic rings. The van der Waals surface area contributed by atoms with Crippen molar-refractivity contribution in [1.29, 1.82) is 0 Å².